The van der Waals surface area contributed by atoms with Gasteiger partial charge in [0.25, 0.3) is 5.91 Å². The topological polar surface area (TPSA) is 66.8 Å². The lowest BCUT2D eigenvalue weighted by molar-refractivity contribution is -0.137. The van der Waals surface area contributed by atoms with Gasteiger partial charge in [-0.2, -0.15) is 0 Å². The number of halogens is 1. The Hall–Kier alpha value is -1.95. The summed E-state index contributed by atoms with van der Waals surface area (Å²) in [7, 11) is 0. The zero-order valence-electron chi connectivity index (χ0n) is 11.6. The van der Waals surface area contributed by atoms with Crippen LogP contribution in [-0.4, -0.2) is 47.7 Å². The summed E-state index contributed by atoms with van der Waals surface area (Å²) in [6.45, 7) is 1.15. The highest BCUT2D eigenvalue weighted by molar-refractivity contribution is 5.94. The van der Waals surface area contributed by atoms with E-state index in [1.807, 2.05) is 0 Å². The van der Waals surface area contributed by atoms with Crippen LogP contribution in [0.2, 0.25) is 0 Å². The Morgan fingerprint density at radius 3 is 2.62 bits per heavy atom. The number of carbonyl (C=O) groups excluding carboxylic acids is 1. The average Bonchev–Trinajstić information content (AvgIpc) is 2.96. The normalized spacial score (nSPS) is 17.7. The van der Waals surface area contributed by atoms with Crippen LogP contribution in [-0.2, 0) is 9.53 Å². The van der Waals surface area contributed by atoms with Crippen LogP contribution in [0.25, 0.3) is 0 Å². The predicted octanol–water partition coefficient (Wildman–Crippen LogP) is 1.92. The molecule has 1 saturated heterocycles. The van der Waals surface area contributed by atoms with E-state index in [1.54, 1.807) is 0 Å². The monoisotopic (exact) mass is 295 g/mol. The molecule has 0 radical (unpaired) electrons. The number of amides is 1. The molecule has 1 N–H and O–H groups in total. The minimum absolute atomic E-state index is 0.0526. The number of hydrogen-bond donors (Lipinski definition) is 1. The standard InChI is InChI=1S/C15H18FNO4/c16-12-5-3-11(4-6-12)15(20)17(8-7-14(18)19)10-13-2-1-9-21-13/h3-6,13H,1-2,7-10H2,(H,18,19). The van der Waals surface area contributed by atoms with Crippen molar-refractivity contribution in [2.45, 2.75) is 25.4 Å². The Bertz CT molecular complexity index is 497. The van der Waals surface area contributed by atoms with Gasteiger partial charge in [-0.1, -0.05) is 0 Å². The van der Waals surface area contributed by atoms with Crippen molar-refractivity contribution >= 4 is 11.9 Å². The Morgan fingerprint density at radius 2 is 2.05 bits per heavy atom. The van der Waals surface area contributed by atoms with Gasteiger partial charge in [-0.25, -0.2) is 4.39 Å². The average molecular weight is 295 g/mol. The number of ether oxygens (including phenoxy) is 1. The molecule has 0 saturated carbocycles. The van der Waals surface area contributed by atoms with E-state index >= 15 is 0 Å². The number of carbonyl (C=O) groups is 2. The molecule has 5 nitrogen and oxygen atoms in total. The molecule has 114 valence electrons. The van der Waals surface area contributed by atoms with Gasteiger partial charge in [0, 0.05) is 25.3 Å². The second-order valence-corrected chi connectivity index (χ2v) is 5.04. The highest BCUT2D eigenvalue weighted by atomic mass is 19.1. The maximum Gasteiger partial charge on any atom is 0.305 e. The molecule has 6 heteroatoms. The minimum atomic E-state index is -0.959. The molecule has 1 amide bonds. The molecule has 1 aromatic rings. The number of rotatable bonds is 6. The Morgan fingerprint density at radius 1 is 1.33 bits per heavy atom. The molecule has 1 fully saturated rings. The maximum atomic E-state index is 12.9. The van der Waals surface area contributed by atoms with Gasteiger partial charge in [-0.3, -0.25) is 9.59 Å². The molecular weight excluding hydrogens is 277 g/mol. The van der Waals surface area contributed by atoms with Gasteiger partial charge < -0.3 is 14.7 Å². The summed E-state index contributed by atoms with van der Waals surface area (Å²) in [4.78, 5) is 24.6. The van der Waals surface area contributed by atoms with Crippen molar-refractivity contribution in [3.8, 4) is 0 Å². The van der Waals surface area contributed by atoms with Crippen LogP contribution < -0.4 is 0 Å². The van der Waals surface area contributed by atoms with Gasteiger partial charge in [0.05, 0.1) is 12.5 Å². The Balaban J connectivity index is 2.06. The van der Waals surface area contributed by atoms with Crippen molar-refractivity contribution in [1.82, 2.24) is 4.90 Å². The third-order valence-corrected chi connectivity index (χ3v) is 3.42. The Labute approximate surface area is 122 Å². The van der Waals surface area contributed by atoms with Gasteiger partial charge in [0.15, 0.2) is 0 Å². The quantitative estimate of drug-likeness (QED) is 0.870. The number of carboxylic acids is 1. The molecule has 0 aromatic heterocycles. The Kier molecular flexibility index (Phi) is 5.27. The number of nitrogens with zero attached hydrogens (tertiary/aromatic N) is 1. The van der Waals surface area contributed by atoms with Crippen molar-refractivity contribution in [2.75, 3.05) is 19.7 Å². The lowest BCUT2D eigenvalue weighted by Crippen LogP contribution is -2.38. The molecule has 1 aliphatic rings. The van der Waals surface area contributed by atoms with Crippen LogP contribution in [0, 0.1) is 5.82 Å². The highest BCUT2D eigenvalue weighted by Gasteiger charge is 2.23. The smallest absolute Gasteiger partial charge is 0.305 e. The number of aliphatic carboxylic acids is 1. The first kappa shape index (κ1) is 15.4. The van der Waals surface area contributed by atoms with Crippen LogP contribution in [0.4, 0.5) is 4.39 Å². The second-order valence-electron chi connectivity index (χ2n) is 5.04. The minimum Gasteiger partial charge on any atom is -0.481 e. The van der Waals surface area contributed by atoms with E-state index in [-0.39, 0.29) is 25.0 Å². The summed E-state index contributed by atoms with van der Waals surface area (Å²) in [6, 6.07) is 5.24. The predicted molar refractivity (Wildman–Crippen MR) is 73.5 cm³/mol. The zero-order valence-corrected chi connectivity index (χ0v) is 11.6. The van der Waals surface area contributed by atoms with Gasteiger partial charge in [-0.05, 0) is 37.1 Å². The van der Waals surface area contributed by atoms with Gasteiger partial charge in [-0.15, -0.1) is 0 Å². The fraction of sp³-hybridized carbons (Fsp3) is 0.467. The first-order valence-corrected chi connectivity index (χ1v) is 6.94. The molecule has 21 heavy (non-hydrogen) atoms. The maximum absolute atomic E-state index is 12.9. The van der Waals surface area contributed by atoms with E-state index in [0.717, 1.165) is 12.8 Å². The highest BCUT2D eigenvalue weighted by Crippen LogP contribution is 2.15. The summed E-state index contributed by atoms with van der Waals surface area (Å²) >= 11 is 0. The van der Waals surface area contributed by atoms with Crippen LogP contribution in [0.5, 0.6) is 0 Å². The van der Waals surface area contributed by atoms with Gasteiger partial charge in [0.1, 0.15) is 5.82 Å². The van der Waals surface area contributed by atoms with Crippen LogP contribution in [0.15, 0.2) is 24.3 Å². The fourth-order valence-electron chi connectivity index (χ4n) is 2.32. The van der Waals surface area contributed by atoms with Gasteiger partial charge >= 0.3 is 5.97 Å². The van der Waals surface area contributed by atoms with Crippen LogP contribution in [0.3, 0.4) is 0 Å². The summed E-state index contributed by atoms with van der Waals surface area (Å²) in [6.07, 6.45) is 1.63. The lowest BCUT2D eigenvalue weighted by Gasteiger charge is -2.25. The molecule has 1 atom stereocenters. The molecule has 1 heterocycles. The van der Waals surface area contributed by atoms with E-state index in [1.165, 1.54) is 29.2 Å². The molecule has 1 aromatic carbocycles. The van der Waals surface area contributed by atoms with Crippen molar-refractivity contribution in [2.24, 2.45) is 0 Å². The van der Waals surface area contributed by atoms with Crippen LogP contribution in [0.1, 0.15) is 29.6 Å². The summed E-state index contributed by atoms with van der Waals surface area (Å²) in [5.74, 6) is -1.67. The second kappa shape index (κ2) is 7.17. The first-order chi connectivity index (χ1) is 10.1. The molecule has 2 rings (SSSR count). The molecule has 1 unspecified atom stereocenters. The van der Waals surface area contributed by atoms with Crippen molar-refractivity contribution in [1.29, 1.82) is 0 Å². The van der Waals surface area contributed by atoms with Crippen molar-refractivity contribution in [3.63, 3.8) is 0 Å². The molecule has 0 bridgehead atoms. The third-order valence-electron chi connectivity index (χ3n) is 3.42. The van der Waals surface area contributed by atoms with E-state index in [9.17, 15) is 14.0 Å². The summed E-state index contributed by atoms with van der Waals surface area (Å²) in [5, 5.41) is 8.79. The first-order valence-electron chi connectivity index (χ1n) is 6.94. The van der Waals surface area contributed by atoms with E-state index in [0.29, 0.717) is 18.7 Å². The van der Waals surface area contributed by atoms with E-state index in [4.69, 9.17) is 9.84 Å². The van der Waals surface area contributed by atoms with Gasteiger partial charge in [0.2, 0.25) is 0 Å². The van der Waals surface area contributed by atoms with Crippen LogP contribution >= 0.6 is 0 Å². The van der Waals surface area contributed by atoms with E-state index < -0.39 is 11.8 Å². The van der Waals surface area contributed by atoms with Crippen molar-refractivity contribution in [3.05, 3.63) is 35.6 Å². The SMILES string of the molecule is O=C(O)CCN(CC1CCCO1)C(=O)c1ccc(F)cc1. The largest absolute Gasteiger partial charge is 0.481 e. The van der Waals surface area contributed by atoms with E-state index in [2.05, 4.69) is 0 Å². The molecule has 1 aliphatic heterocycles. The van der Waals surface area contributed by atoms with Crippen molar-refractivity contribution < 1.29 is 23.8 Å². The molecular formula is C15H18FNO4. The molecule has 0 spiro atoms. The number of benzene rings is 1. The summed E-state index contributed by atoms with van der Waals surface area (Å²) in [5.41, 5.74) is 0.347. The number of hydrogen-bond acceptors (Lipinski definition) is 3. The zero-order chi connectivity index (χ0) is 15.2. The molecule has 0 aliphatic carbocycles. The third kappa shape index (κ3) is 4.53. The fourth-order valence-corrected chi connectivity index (χ4v) is 2.32. The lowest BCUT2D eigenvalue weighted by atomic mass is 10.1. The summed E-state index contributed by atoms with van der Waals surface area (Å²) < 4.78 is 18.4. The number of carboxylic acid groups (broad SMARTS) is 1.